The van der Waals surface area contributed by atoms with Crippen molar-refractivity contribution in [3.8, 4) is 0 Å². The maximum atomic E-state index is 5.39. The zero-order valence-corrected chi connectivity index (χ0v) is 11.7. The van der Waals surface area contributed by atoms with Gasteiger partial charge in [-0.2, -0.15) is 0 Å². The van der Waals surface area contributed by atoms with Gasteiger partial charge in [-0.15, -0.1) is 15.3 Å². The number of nitrogens with zero attached hydrogens (tertiary/aromatic N) is 6. The molecule has 2 aromatic heterocycles. The minimum absolute atomic E-state index is 0.0307. The zero-order chi connectivity index (χ0) is 13.1. The third-order valence-corrected chi connectivity index (χ3v) is 3.27. The Morgan fingerprint density at radius 1 is 1.22 bits per heavy atom. The Balaban J connectivity index is 2.07. The smallest absolute Gasteiger partial charge is 0.229 e. The van der Waals surface area contributed by atoms with Crippen LogP contribution in [0.5, 0.6) is 0 Å². The Labute approximate surface area is 109 Å². The summed E-state index contributed by atoms with van der Waals surface area (Å²) in [5.41, 5.74) is 0. The summed E-state index contributed by atoms with van der Waals surface area (Å²) < 4.78 is 7.19. The number of rotatable bonds is 5. The standard InChI is InChI=1S/C10H16N6OS/c1-6(2)5-16-10(13-14-15-16)18-7(3)9-12-11-8(4)17-9/h6-7H,5H2,1-4H3. The molecule has 0 aliphatic heterocycles. The van der Waals surface area contributed by atoms with E-state index in [1.165, 1.54) is 11.8 Å². The van der Waals surface area contributed by atoms with Crippen molar-refractivity contribution in [2.24, 2.45) is 5.92 Å². The van der Waals surface area contributed by atoms with Gasteiger partial charge in [0.25, 0.3) is 0 Å². The van der Waals surface area contributed by atoms with Gasteiger partial charge in [0.05, 0.1) is 5.25 Å². The number of hydrogen-bond acceptors (Lipinski definition) is 7. The third-order valence-electron chi connectivity index (χ3n) is 2.21. The van der Waals surface area contributed by atoms with E-state index in [1.54, 1.807) is 11.6 Å². The monoisotopic (exact) mass is 268 g/mol. The van der Waals surface area contributed by atoms with Crippen molar-refractivity contribution in [1.29, 1.82) is 0 Å². The normalized spacial score (nSPS) is 13.2. The lowest BCUT2D eigenvalue weighted by Crippen LogP contribution is -2.08. The summed E-state index contributed by atoms with van der Waals surface area (Å²) >= 11 is 1.52. The summed E-state index contributed by atoms with van der Waals surface area (Å²) in [6, 6.07) is 0. The van der Waals surface area contributed by atoms with Crippen molar-refractivity contribution in [3.05, 3.63) is 11.8 Å². The molecule has 0 saturated carbocycles. The number of hydrogen-bond donors (Lipinski definition) is 0. The molecular weight excluding hydrogens is 252 g/mol. The van der Waals surface area contributed by atoms with Gasteiger partial charge < -0.3 is 4.42 Å². The Morgan fingerprint density at radius 3 is 2.61 bits per heavy atom. The Bertz CT molecular complexity index is 508. The molecule has 0 amide bonds. The first kappa shape index (κ1) is 13.0. The van der Waals surface area contributed by atoms with Gasteiger partial charge in [0.15, 0.2) is 0 Å². The molecule has 2 aromatic rings. The lowest BCUT2D eigenvalue weighted by atomic mass is 10.2. The van der Waals surface area contributed by atoms with E-state index in [-0.39, 0.29) is 5.25 Å². The summed E-state index contributed by atoms with van der Waals surface area (Å²) in [5, 5.41) is 20.3. The van der Waals surface area contributed by atoms with Crippen molar-refractivity contribution in [3.63, 3.8) is 0 Å². The molecule has 0 aliphatic carbocycles. The van der Waals surface area contributed by atoms with Gasteiger partial charge in [0.1, 0.15) is 0 Å². The molecule has 2 rings (SSSR count). The Hall–Kier alpha value is -1.44. The number of aryl methyl sites for hydroxylation is 1. The van der Waals surface area contributed by atoms with E-state index in [4.69, 9.17) is 4.42 Å². The van der Waals surface area contributed by atoms with E-state index in [1.807, 2.05) is 6.92 Å². The van der Waals surface area contributed by atoms with Gasteiger partial charge in [-0.1, -0.05) is 25.6 Å². The second-order valence-electron chi connectivity index (χ2n) is 4.46. The quantitative estimate of drug-likeness (QED) is 0.765. The molecule has 1 unspecified atom stereocenters. The first-order chi connectivity index (χ1) is 8.56. The van der Waals surface area contributed by atoms with Crippen molar-refractivity contribution in [2.75, 3.05) is 0 Å². The highest BCUT2D eigenvalue weighted by molar-refractivity contribution is 7.99. The lowest BCUT2D eigenvalue weighted by Gasteiger charge is -2.08. The van der Waals surface area contributed by atoms with Crippen LogP contribution in [0.1, 0.15) is 37.8 Å². The topological polar surface area (TPSA) is 82.5 Å². The van der Waals surface area contributed by atoms with Crippen molar-refractivity contribution in [2.45, 2.75) is 44.6 Å². The molecule has 2 heterocycles. The minimum atomic E-state index is 0.0307. The van der Waals surface area contributed by atoms with Crippen LogP contribution in [0.15, 0.2) is 9.57 Å². The summed E-state index contributed by atoms with van der Waals surface area (Å²) in [4.78, 5) is 0. The molecule has 7 nitrogen and oxygen atoms in total. The SMILES string of the molecule is Cc1nnc(C(C)Sc2nnnn2CC(C)C)o1. The Morgan fingerprint density at radius 2 is 2.00 bits per heavy atom. The summed E-state index contributed by atoms with van der Waals surface area (Å²) in [7, 11) is 0. The van der Waals surface area contributed by atoms with Crippen LogP contribution in [0, 0.1) is 12.8 Å². The van der Waals surface area contributed by atoms with Crippen LogP contribution < -0.4 is 0 Å². The average molecular weight is 268 g/mol. The first-order valence-corrected chi connectivity index (χ1v) is 6.67. The zero-order valence-electron chi connectivity index (χ0n) is 10.9. The molecule has 0 radical (unpaired) electrons. The molecule has 1 atom stereocenters. The highest BCUT2D eigenvalue weighted by atomic mass is 32.2. The molecule has 0 saturated heterocycles. The molecule has 0 fully saturated rings. The third kappa shape index (κ3) is 3.06. The fraction of sp³-hybridized carbons (Fsp3) is 0.700. The maximum Gasteiger partial charge on any atom is 0.229 e. The van der Waals surface area contributed by atoms with Gasteiger partial charge in [-0.05, 0) is 23.3 Å². The molecule has 18 heavy (non-hydrogen) atoms. The Kier molecular flexibility index (Phi) is 3.95. The van der Waals surface area contributed by atoms with Crippen LogP contribution in [0.3, 0.4) is 0 Å². The average Bonchev–Trinajstić information content (AvgIpc) is 2.88. The minimum Gasteiger partial charge on any atom is -0.424 e. The second kappa shape index (κ2) is 5.47. The van der Waals surface area contributed by atoms with Crippen LogP contribution in [0.25, 0.3) is 0 Å². The van der Waals surface area contributed by atoms with Gasteiger partial charge >= 0.3 is 0 Å². The molecule has 0 aromatic carbocycles. The molecule has 8 heteroatoms. The predicted molar refractivity (Wildman–Crippen MR) is 66.0 cm³/mol. The van der Waals surface area contributed by atoms with Gasteiger partial charge in [-0.3, -0.25) is 0 Å². The van der Waals surface area contributed by atoms with Gasteiger partial charge in [-0.25, -0.2) is 4.68 Å². The van der Waals surface area contributed by atoms with E-state index in [0.717, 1.165) is 11.7 Å². The van der Waals surface area contributed by atoms with Crippen LogP contribution in [0.2, 0.25) is 0 Å². The van der Waals surface area contributed by atoms with Crippen molar-refractivity contribution < 1.29 is 4.42 Å². The van der Waals surface area contributed by atoms with Crippen LogP contribution in [-0.4, -0.2) is 30.4 Å². The van der Waals surface area contributed by atoms with Crippen LogP contribution >= 0.6 is 11.8 Å². The first-order valence-electron chi connectivity index (χ1n) is 5.79. The number of aromatic nitrogens is 6. The fourth-order valence-corrected chi connectivity index (χ4v) is 2.25. The summed E-state index contributed by atoms with van der Waals surface area (Å²) in [6.45, 7) is 8.81. The second-order valence-corrected chi connectivity index (χ2v) is 5.76. The number of tetrazole rings is 1. The molecule has 0 spiro atoms. The number of thioether (sulfide) groups is 1. The molecule has 98 valence electrons. The van der Waals surface area contributed by atoms with E-state index in [0.29, 0.717) is 17.7 Å². The van der Waals surface area contributed by atoms with E-state index >= 15 is 0 Å². The van der Waals surface area contributed by atoms with Crippen molar-refractivity contribution >= 4 is 11.8 Å². The summed E-state index contributed by atoms with van der Waals surface area (Å²) in [5.74, 6) is 1.66. The van der Waals surface area contributed by atoms with Crippen LogP contribution in [-0.2, 0) is 6.54 Å². The van der Waals surface area contributed by atoms with Crippen molar-refractivity contribution in [1.82, 2.24) is 30.4 Å². The van der Waals surface area contributed by atoms with E-state index in [2.05, 4.69) is 39.6 Å². The highest BCUT2D eigenvalue weighted by Crippen LogP contribution is 2.32. The molecule has 0 bridgehead atoms. The van der Waals surface area contributed by atoms with Gasteiger partial charge in [0, 0.05) is 13.5 Å². The van der Waals surface area contributed by atoms with Gasteiger partial charge in [0.2, 0.25) is 16.9 Å². The highest BCUT2D eigenvalue weighted by Gasteiger charge is 2.18. The van der Waals surface area contributed by atoms with E-state index < -0.39 is 0 Å². The molecular formula is C10H16N6OS. The molecule has 0 aliphatic rings. The summed E-state index contributed by atoms with van der Waals surface area (Å²) in [6.07, 6.45) is 0. The maximum absolute atomic E-state index is 5.39. The fourth-order valence-electron chi connectivity index (χ4n) is 1.43. The largest absolute Gasteiger partial charge is 0.424 e. The lowest BCUT2D eigenvalue weighted by molar-refractivity contribution is 0.444. The predicted octanol–water partition coefficient (Wildman–Crippen LogP) is 1.87. The van der Waals surface area contributed by atoms with E-state index in [9.17, 15) is 0 Å². The molecule has 0 N–H and O–H groups in total. The van der Waals surface area contributed by atoms with Crippen LogP contribution in [0.4, 0.5) is 0 Å².